The second-order valence-electron chi connectivity index (χ2n) is 4.08. The van der Waals surface area contributed by atoms with Crippen LogP contribution in [-0.2, 0) is 13.0 Å². The molecule has 1 atom stereocenters. The summed E-state index contributed by atoms with van der Waals surface area (Å²) < 4.78 is 5.16. The number of halogens is 1. The molecule has 4 heteroatoms. The molecule has 1 unspecified atom stereocenters. The van der Waals surface area contributed by atoms with Crippen LogP contribution >= 0.6 is 11.6 Å². The second-order valence-corrected chi connectivity index (χ2v) is 4.52. The molecular weight excluding hydrogens is 236 g/mol. The van der Waals surface area contributed by atoms with Crippen LogP contribution in [0.25, 0.3) is 0 Å². The van der Waals surface area contributed by atoms with Gasteiger partial charge >= 0.3 is 0 Å². The number of nitrogens with zero attached hydrogens (tertiary/aromatic N) is 1. The van der Waals surface area contributed by atoms with Crippen molar-refractivity contribution in [1.29, 1.82) is 0 Å². The van der Waals surface area contributed by atoms with Gasteiger partial charge in [0.1, 0.15) is 5.76 Å². The minimum absolute atomic E-state index is 0.376. The molecule has 0 amide bonds. The molecule has 17 heavy (non-hydrogen) atoms. The van der Waals surface area contributed by atoms with E-state index in [-0.39, 0.29) is 0 Å². The van der Waals surface area contributed by atoms with Gasteiger partial charge in [-0.25, -0.2) is 4.98 Å². The quantitative estimate of drug-likeness (QED) is 0.886. The van der Waals surface area contributed by atoms with Crippen LogP contribution < -0.4 is 5.32 Å². The summed E-state index contributed by atoms with van der Waals surface area (Å²) in [7, 11) is 0. The Morgan fingerprint density at radius 2 is 2.12 bits per heavy atom. The van der Waals surface area contributed by atoms with Crippen molar-refractivity contribution < 1.29 is 4.42 Å². The van der Waals surface area contributed by atoms with E-state index < -0.39 is 0 Å². The lowest BCUT2D eigenvalue weighted by atomic mass is 10.1. The average molecular weight is 251 g/mol. The number of hydrogen-bond donors (Lipinski definition) is 1. The zero-order valence-electron chi connectivity index (χ0n) is 9.69. The van der Waals surface area contributed by atoms with Crippen molar-refractivity contribution in [1.82, 2.24) is 10.3 Å². The van der Waals surface area contributed by atoms with Crippen LogP contribution in [0.15, 0.2) is 41.3 Å². The molecule has 0 aliphatic carbocycles. The molecule has 3 nitrogen and oxygen atoms in total. The van der Waals surface area contributed by atoms with Crippen molar-refractivity contribution in [2.24, 2.45) is 0 Å². The Hall–Kier alpha value is -1.32. The summed E-state index contributed by atoms with van der Waals surface area (Å²) in [5.41, 5.74) is 1.27. The monoisotopic (exact) mass is 250 g/mol. The summed E-state index contributed by atoms with van der Waals surface area (Å²) in [6.07, 6.45) is 4.13. The van der Waals surface area contributed by atoms with Crippen LogP contribution in [0.3, 0.4) is 0 Å². The summed E-state index contributed by atoms with van der Waals surface area (Å²) >= 11 is 5.84. The van der Waals surface area contributed by atoms with Crippen molar-refractivity contribution in [3.05, 3.63) is 53.2 Å². The molecule has 2 rings (SSSR count). The van der Waals surface area contributed by atoms with Gasteiger partial charge in [-0.15, -0.1) is 0 Å². The fourth-order valence-electron chi connectivity index (χ4n) is 1.65. The van der Waals surface area contributed by atoms with Gasteiger partial charge in [-0.2, -0.15) is 0 Å². The van der Waals surface area contributed by atoms with Crippen LogP contribution in [0.2, 0.25) is 5.02 Å². The molecule has 0 radical (unpaired) electrons. The standard InChI is InChI=1S/C13H15ClN2O/c1-10(16-8-13-7-15-9-17-13)6-11-2-4-12(14)5-3-11/h2-5,7,9-10,16H,6,8H2,1H3. The average Bonchev–Trinajstić information content (AvgIpc) is 2.83. The van der Waals surface area contributed by atoms with Gasteiger partial charge < -0.3 is 9.73 Å². The lowest BCUT2D eigenvalue weighted by molar-refractivity contribution is 0.451. The lowest BCUT2D eigenvalue weighted by Crippen LogP contribution is -2.27. The third-order valence-corrected chi connectivity index (χ3v) is 2.82. The van der Waals surface area contributed by atoms with Crippen molar-refractivity contribution in [3.8, 4) is 0 Å². The molecule has 0 bridgehead atoms. The van der Waals surface area contributed by atoms with Gasteiger partial charge in [0, 0.05) is 11.1 Å². The largest absolute Gasteiger partial charge is 0.447 e. The van der Waals surface area contributed by atoms with E-state index in [1.165, 1.54) is 12.0 Å². The highest BCUT2D eigenvalue weighted by Gasteiger charge is 2.04. The zero-order valence-corrected chi connectivity index (χ0v) is 10.4. The van der Waals surface area contributed by atoms with Crippen LogP contribution in [0, 0.1) is 0 Å². The van der Waals surface area contributed by atoms with E-state index in [4.69, 9.17) is 16.0 Å². The Labute approximate surface area is 106 Å². The Bertz CT molecular complexity index is 439. The van der Waals surface area contributed by atoms with Crippen LogP contribution in [0.1, 0.15) is 18.2 Å². The first-order valence-corrected chi connectivity index (χ1v) is 5.97. The van der Waals surface area contributed by atoms with Crippen molar-refractivity contribution in [2.75, 3.05) is 0 Å². The maximum atomic E-state index is 5.84. The normalized spacial score (nSPS) is 12.6. The number of aromatic nitrogens is 1. The molecule has 0 saturated carbocycles. The van der Waals surface area contributed by atoms with Crippen molar-refractivity contribution >= 4 is 11.6 Å². The van der Waals surface area contributed by atoms with E-state index >= 15 is 0 Å². The minimum atomic E-state index is 0.376. The number of nitrogens with one attached hydrogen (secondary N) is 1. The molecule has 90 valence electrons. The predicted molar refractivity (Wildman–Crippen MR) is 68.0 cm³/mol. The summed E-state index contributed by atoms with van der Waals surface area (Å²) in [5.74, 6) is 0.855. The highest BCUT2D eigenvalue weighted by atomic mass is 35.5. The summed E-state index contributed by atoms with van der Waals surface area (Å²) in [6, 6.07) is 8.31. The van der Waals surface area contributed by atoms with Gasteiger partial charge in [0.15, 0.2) is 6.39 Å². The third kappa shape index (κ3) is 3.88. The Morgan fingerprint density at radius 1 is 1.35 bits per heavy atom. The summed E-state index contributed by atoms with van der Waals surface area (Å²) in [5, 5.41) is 4.16. The maximum absolute atomic E-state index is 5.84. The predicted octanol–water partition coefficient (Wildman–Crippen LogP) is 3.05. The highest BCUT2D eigenvalue weighted by Crippen LogP contribution is 2.11. The molecule has 0 saturated heterocycles. The van der Waals surface area contributed by atoms with Crippen LogP contribution in [0.5, 0.6) is 0 Å². The number of benzene rings is 1. The fraction of sp³-hybridized carbons (Fsp3) is 0.308. The maximum Gasteiger partial charge on any atom is 0.180 e. The van der Waals surface area contributed by atoms with Gasteiger partial charge in [-0.05, 0) is 31.0 Å². The minimum Gasteiger partial charge on any atom is -0.447 e. The SMILES string of the molecule is CC(Cc1ccc(Cl)cc1)NCc1cnco1. The highest BCUT2D eigenvalue weighted by molar-refractivity contribution is 6.30. The van der Waals surface area contributed by atoms with Gasteiger partial charge in [-0.3, -0.25) is 0 Å². The van der Waals surface area contributed by atoms with E-state index in [9.17, 15) is 0 Å². The van der Waals surface area contributed by atoms with E-state index in [1.54, 1.807) is 6.20 Å². The number of hydrogen-bond acceptors (Lipinski definition) is 3. The Kier molecular flexibility index (Phi) is 4.18. The molecule has 0 fully saturated rings. The first kappa shape index (κ1) is 12.1. The van der Waals surface area contributed by atoms with E-state index in [1.807, 2.05) is 12.1 Å². The van der Waals surface area contributed by atoms with Crippen molar-refractivity contribution in [3.63, 3.8) is 0 Å². The number of oxazole rings is 1. The third-order valence-electron chi connectivity index (χ3n) is 2.56. The molecule has 0 aliphatic heterocycles. The smallest absolute Gasteiger partial charge is 0.180 e. The second kappa shape index (κ2) is 5.84. The molecule has 2 aromatic rings. The molecular formula is C13H15ClN2O. The molecule has 0 spiro atoms. The molecule has 1 N–H and O–H groups in total. The van der Waals surface area contributed by atoms with Gasteiger partial charge in [0.25, 0.3) is 0 Å². The molecule has 1 aromatic carbocycles. The van der Waals surface area contributed by atoms with Crippen LogP contribution in [-0.4, -0.2) is 11.0 Å². The molecule has 1 aromatic heterocycles. The Balaban J connectivity index is 1.80. The van der Waals surface area contributed by atoms with Gasteiger partial charge in [0.05, 0.1) is 12.7 Å². The van der Waals surface area contributed by atoms with E-state index in [0.29, 0.717) is 12.6 Å². The van der Waals surface area contributed by atoms with Crippen LogP contribution in [0.4, 0.5) is 0 Å². The first-order valence-electron chi connectivity index (χ1n) is 5.59. The number of rotatable bonds is 5. The van der Waals surface area contributed by atoms with E-state index in [0.717, 1.165) is 17.2 Å². The molecule has 1 heterocycles. The first-order chi connectivity index (χ1) is 8.24. The zero-order chi connectivity index (χ0) is 12.1. The molecule has 0 aliphatic rings. The van der Waals surface area contributed by atoms with Gasteiger partial charge in [0.2, 0.25) is 0 Å². The topological polar surface area (TPSA) is 38.1 Å². The lowest BCUT2D eigenvalue weighted by Gasteiger charge is -2.12. The Morgan fingerprint density at radius 3 is 2.76 bits per heavy atom. The van der Waals surface area contributed by atoms with Gasteiger partial charge in [-0.1, -0.05) is 23.7 Å². The van der Waals surface area contributed by atoms with Crippen molar-refractivity contribution in [2.45, 2.75) is 25.9 Å². The summed E-state index contributed by atoms with van der Waals surface area (Å²) in [6.45, 7) is 2.85. The van der Waals surface area contributed by atoms with E-state index in [2.05, 4.69) is 29.4 Å². The fourth-order valence-corrected chi connectivity index (χ4v) is 1.78. The summed E-state index contributed by atoms with van der Waals surface area (Å²) in [4.78, 5) is 3.87.